The molecule has 2 aliphatic heterocycles. The number of hydrogen-bond donors (Lipinski definition) is 2. The Labute approximate surface area is 138 Å². The molecule has 0 fully saturated rings. The molecule has 0 saturated carbocycles. The number of fused-ring (bicyclic) bond motifs is 9. The summed E-state index contributed by atoms with van der Waals surface area (Å²) in [6.45, 7) is 0.719. The van der Waals surface area contributed by atoms with Gasteiger partial charge < -0.3 is 19.7 Å². The SMILES string of the molecule is O=C(O)CCC(=O)O.O=C1OCCCCOC(=O)c2ccc1cc2. The molecule has 0 spiro atoms. The number of esters is 2. The van der Waals surface area contributed by atoms with E-state index in [1.807, 2.05) is 0 Å². The molecule has 2 aliphatic rings. The molecule has 0 radical (unpaired) electrons. The lowest BCUT2D eigenvalue weighted by molar-refractivity contribution is -0.143. The van der Waals surface area contributed by atoms with Crippen LogP contribution in [0, 0.1) is 0 Å². The fourth-order valence-corrected chi connectivity index (χ4v) is 1.66. The summed E-state index contributed by atoms with van der Waals surface area (Å²) < 4.78 is 10.1. The Morgan fingerprint density at radius 3 is 1.42 bits per heavy atom. The molecule has 8 heteroatoms. The molecule has 0 atom stereocenters. The van der Waals surface area contributed by atoms with Crippen molar-refractivity contribution in [3.8, 4) is 0 Å². The summed E-state index contributed by atoms with van der Waals surface area (Å²) in [7, 11) is 0. The van der Waals surface area contributed by atoms with E-state index in [0.717, 1.165) is 0 Å². The number of aliphatic carboxylic acids is 2. The Morgan fingerprint density at radius 2 is 1.12 bits per heavy atom. The zero-order valence-electron chi connectivity index (χ0n) is 12.9. The Morgan fingerprint density at radius 1 is 0.792 bits per heavy atom. The van der Waals surface area contributed by atoms with Gasteiger partial charge in [-0.15, -0.1) is 0 Å². The lowest BCUT2D eigenvalue weighted by Crippen LogP contribution is -2.12. The summed E-state index contributed by atoms with van der Waals surface area (Å²) in [5.74, 6) is -2.85. The van der Waals surface area contributed by atoms with E-state index >= 15 is 0 Å². The van der Waals surface area contributed by atoms with Gasteiger partial charge in [0.15, 0.2) is 0 Å². The lowest BCUT2D eigenvalue weighted by Gasteiger charge is -2.09. The molecule has 0 aromatic heterocycles. The van der Waals surface area contributed by atoms with Crippen LogP contribution in [0.4, 0.5) is 0 Å². The second-order valence-corrected chi connectivity index (χ2v) is 4.84. The molecule has 1 aromatic carbocycles. The minimum Gasteiger partial charge on any atom is -0.481 e. The highest BCUT2D eigenvalue weighted by molar-refractivity contribution is 5.93. The van der Waals surface area contributed by atoms with Gasteiger partial charge in [-0.05, 0) is 37.1 Å². The number of carbonyl (C=O) groups is 4. The average Bonchev–Trinajstić information content (AvgIpc) is 2.55. The van der Waals surface area contributed by atoms with Crippen molar-refractivity contribution in [1.82, 2.24) is 0 Å². The number of carbonyl (C=O) groups excluding carboxylic acids is 2. The predicted molar refractivity (Wildman–Crippen MR) is 80.7 cm³/mol. The predicted octanol–water partition coefficient (Wildman–Crippen LogP) is 1.73. The third-order valence-corrected chi connectivity index (χ3v) is 2.91. The second kappa shape index (κ2) is 9.98. The molecule has 3 rings (SSSR count). The summed E-state index contributed by atoms with van der Waals surface area (Å²) in [4.78, 5) is 42.2. The number of carboxylic acids is 2. The minimum atomic E-state index is -1.08. The maximum absolute atomic E-state index is 11.5. The first kappa shape index (κ1) is 19.1. The second-order valence-electron chi connectivity index (χ2n) is 4.84. The Bertz CT molecular complexity index is 538. The number of carboxylic acid groups (broad SMARTS) is 2. The van der Waals surface area contributed by atoms with Crippen molar-refractivity contribution in [2.24, 2.45) is 0 Å². The average molecular weight is 338 g/mol. The van der Waals surface area contributed by atoms with E-state index in [1.165, 1.54) is 0 Å². The molecule has 24 heavy (non-hydrogen) atoms. The van der Waals surface area contributed by atoms with Gasteiger partial charge in [0, 0.05) is 0 Å². The normalized spacial score (nSPS) is 14.2. The van der Waals surface area contributed by atoms with Crippen molar-refractivity contribution >= 4 is 23.9 Å². The summed E-state index contributed by atoms with van der Waals surface area (Å²) in [5, 5.41) is 15.8. The van der Waals surface area contributed by atoms with E-state index in [-0.39, 0.29) is 24.8 Å². The van der Waals surface area contributed by atoms with Crippen LogP contribution in [0.1, 0.15) is 46.4 Å². The van der Waals surface area contributed by atoms with Gasteiger partial charge in [-0.1, -0.05) is 0 Å². The zero-order valence-corrected chi connectivity index (χ0v) is 12.9. The van der Waals surface area contributed by atoms with E-state index in [1.54, 1.807) is 24.3 Å². The zero-order chi connectivity index (χ0) is 17.9. The van der Waals surface area contributed by atoms with Crippen molar-refractivity contribution in [3.63, 3.8) is 0 Å². The van der Waals surface area contributed by atoms with E-state index in [2.05, 4.69) is 0 Å². The first-order valence-corrected chi connectivity index (χ1v) is 7.28. The summed E-state index contributed by atoms with van der Waals surface area (Å²) in [5.41, 5.74) is 0.911. The fraction of sp³-hybridized carbons (Fsp3) is 0.375. The lowest BCUT2D eigenvalue weighted by atomic mass is 10.1. The maximum Gasteiger partial charge on any atom is 0.338 e. The molecular formula is C16H18O8. The number of benzene rings is 1. The highest BCUT2D eigenvalue weighted by Crippen LogP contribution is 2.09. The molecule has 0 saturated heterocycles. The van der Waals surface area contributed by atoms with Crippen LogP contribution in [0.2, 0.25) is 0 Å². The monoisotopic (exact) mass is 338 g/mol. The van der Waals surface area contributed by atoms with Gasteiger partial charge in [-0.25, -0.2) is 9.59 Å². The van der Waals surface area contributed by atoms with E-state index < -0.39 is 11.9 Å². The van der Waals surface area contributed by atoms with Crippen molar-refractivity contribution in [2.75, 3.05) is 13.2 Å². The van der Waals surface area contributed by atoms with Crippen LogP contribution in [0.25, 0.3) is 0 Å². The molecule has 8 nitrogen and oxygen atoms in total. The van der Waals surface area contributed by atoms with Gasteiger partial charge in [-0.3, -0.25) is 9.59 Å². The highest BCUT2D eigenvalue weighted by Gasteiger charge is 2.12. The van der Waals surface area contributed by atoms with Gasteiger partial charge in [0.25, 0.3) is 0 Å². The Kier molecular flexibility index (Phi) is 7.97. The fourth-order valence-electron chi connectivity index (χ4n) is 1.66. The molecule has 1 aromatic rings. The molecule has 2 bridgehead atoms. The highest BCUT2D eigenvalue weighted by atomic mass is 16.5. The minimum absolute atomic E-state index is 0.296. The Balaban J connectivity index is 0.000000307. The van der Waals surface area contributed by atoms with Gasteiger partial charge in [-0.2, -0.15) is 0 Å². The van der Waals surface area contributed by atoms with Crippen LogP contribution in [-0.2, 0) is 19.1 Å². The van der Waals surface area contributed by atoms with Crippen LogP contribution in [0.3, 0.4) is 0 Å². The molecule has 2 heterocycles. The molecule has 0 amide bonds. The smallest absolute Gasteiger partial charge is 0.338 e. The van der Waals surface area contributed by atoms with E-state index in [9.17, 15) is 19.2 Å². The van der Waals surface area contributed by atoms with Crippen LogP contribution >= 0.6 is 0 Å². The molecule has 0 unspecified atom stereocenters. The van der Waals surface area contributed by atoms with Crippen molar-refractivity contribution < 1.29 is 38.9 Å². The van der Waals surface area contributed by atoms with E-state index in [4.69, 9.17) is 19.7 Å². The standard InChI is InChI=1S/C12H12O4.C4H6O4/c13-11-9-3-5-10(6-4-9)12(14)16-8-2-1-7-15-11;5-3(6)1-2-4(7)8/h3-6H,1-2,7-8H2;1-2H2,(H,5,6)(H,7,8). The van der Waals surface area contributed by atoms with Crippen LogP contribution in [-0.4, -0.2) is 47.3 Å². The quantitative estimate of drug-likeness (QED) is 0.798. The van der Waals surface area contributed by atoms with Crippen molar-refractivity contribution in [1.29, 1.82) is 0 Å². The first-order chi connectivity index (χ1) is 11.4. The Hall–Kier alpha value is -2.90. The molecule has 0 aliphatic carbocycles. The third kappa shape index (κ3) is 7.39. The summed E-state index contributed by atoms with van der Waals surface area (Å²) in [6, 6.07) is 6.28. The largest absolute Gasteiger partial charge is 0.481 e. The summed E-state index contributed by atoms with van der Waals surface area (Å²) >= 11 is 0. The molecule has 2 N–H and O–H groups in total. The van der Waals surface area contributed by atoms with Gasteiger partial charge >= 0.3 is 23.9 Å². The van der Waals surface area contributed by atoms with Crippen LogP contribution in [0.5, 0.6) is 0 Å². The van der Waals surface area contributed by atoms with Crippen LogP contribution < -0.4 is 0 Å². The van der Waals surface area contributed by atoms with Gasteiger partial charge in [0.1, 0.15) is 0 Å². The van der Waals surface area contributed by atoms with Crippen LogP contribution in [0.15, 0.2) is 24.3 Å². The van der Waals surface area contributed by atoms with Gasteiger partial charge in [0.05, 0.1) is 37.2 Å². The molecular weight excluding hydrogens is 320 g/mol. The van der Waals surface area contributed by atoms with Gasteiger partial charge in [0.2, 0.25) is 0 Å². The number of ether oxygens (including phenoxy) is 2. The topological polar surface area (TPSA) is 127 Å². The maximum atomic E-state index is 11.5. The van der Waals surface area contributed by atoms with Crippen molar-refractivity contribution in [3.05, 3.63) is 35.4 Å². The first-order valence-electron chi connectivity index (χ1n) is 7.28. The number of hydrogen-bond acceptors (Lipinski definition) is 6. The number of rotatable bonds is 3. The molecule has 130 valence electrons. The summed E-state index contributed by atoms with van der Waals surface area (Å²) in [6.07, 6.45) is 0.814. The van der Waals surface area contributed by atoms with Crippen molar-refractivity contribution in [2.45, 2.75) is 25.7 Å². The third-order valence-electron chi connectivity index (χ3n) is 2.91. The van der Waals surface area contributed by atoms with E-state index in [0.29, 0.717) is 37.2 Å².